The van der Waals surface area contributed by atoms with Crippen molar-refractivity contribution in [3.05, 3.63) is 71.0 Å². The van der Waals surface area contributed by atoms with Crippen LogP contribution in [-0.4, -0.2) is 66.4 Å². The number of hydrogen-bond donors (Lipinski definition) is 0. The molecule has 2 aromatic carbocycles. The molecule has 0 bridgehead atoms. The van der Waals surface area contributed by atoms with Crippen LogP contribution >= 0.6 is 0 Å². The van der Waals surface area contributed by atoms with Crippen molar-refractivity contribution in [2.45, 2.75) is 24.4 Å². The molecule has 0 N–H and O–H groups in total. The number of benzene rings is 2. The summed E-state index contributed by atoms with van der Waals surface area (Å²) in [6.45, 7) is 0.177. The van der Waals surface area contributed by atoms with E-state index in [4.69, 9.17) is 0 Å². The zero-order valence-corrected chi connectivity index (χ0v) is 16.5. The van der Waals surface area contributed by atoms with Crippen molar-refractivity contribution in [1.29, 1.82) is 0 Å². The number of rotatable bonds is 2. The second kappa shape index (κ2) is 7.37. The zero-order chi connectivity index (χ0) is 20.8. The molecule has 0 spiro atoms. The lowest BCUT2D eigenvalue weighted by atomic mass is 9.88. The first-order chi connectivity index (χ1) is 13.8. The highest BCUT2D eigenvalue weighted by molar-refractivity contribution is 5.76. The number of halogens is 3. The number of urea groups is 1. The topological polar surface area (TPSA) is 26.8 Å². The van der Waals surface area contributed by atoms with Crippen molar-refractivity contribution in [2.24, 2.45) is 0 Å². The molecule has 0 unspecified atom stereocenters. The normalized spacial score (nSPS) is 23.7. The molecule has 29 heavy (non-hydrogen) atoms. The number of carbonyl (C=O) groups excluding carboxylic acids is 1. The van der Waals surface area contributed by atoms with Gasteiger partial charge < -0.3 is 9.80 Å². The molecule has 2 aliphatic rings. The number of likely N-dealkylation sites (tertiary alicyclic amines) is 1. The summed E-state index contributed by atoms with van der Waals surface area (Å²) in [5, 5.41) is 0. The first-order valence-corrected chi connectivity index (χ1v) is 9.71. The Kier molecular flexibility index (Phi) is 5.02. The van der Waals surface area contributed by atoms with Crippen LogP contribution in [0.25, 0.3) is 0 Å². The third kappa shape index (κ3) is 3.59. The lowest BCUT2D eigenvalue weighted by molar-refractivity contribution is -0.0374. The Morgan fingerprint density at radius 3 is 2.48 bits per heavy atom. The molecule has 0 aliphatic carbocycles. The Hall–Kier alpha value is -2.54. The maximum absolute atomic E-state index is 14.4. The largest absolute Gasteiger partial charge is 0.321 e. The van der Waals surface area contributed by atoms with Crippen LogP contribution in [0.1, 0.15) is 22.7 Å². The van der Waals surface area contributed by atoms with Gasteiger partial charge in [-0.15, -0.1) is 0 Å². The van der Waals surface area contributed by atoms with E-state index in [1.807, 2.05) is 24.3 Å². The van der Waals surface area contributed by atoms with Gasteiger partial charge in [0.2, 0.25) is 0 Å². The zero-order valence-electron chi connectivity index (χ0n) is 16.5. The Morgan fingerprint density at radius 2 is 1.83 bits per heavy atom. The van der Waals surface area contributed by atoms with E-state index in [1.165, 1.54) is 29.0 Å². The minimum atomic E-state index is -2.96. The van der Waals surface area contributed by atoms with Crippen LogP contribution in [0.4, 0.5) is 18.0 Å². The minimum Gasteiger partial charge on any atom is -0.317 e. The van der Waals surface area contributed by atoms with Gasteiger partial charge in [-0.3, -0.25) is 4.90 Å². The summed E-state index contributed by atoms with van der Waals surface area (Å²) in [6.07, 6.45) is 0.647. The number of nitrogens with zero attached hydrogens (tertiary/aromatic N) is 3. The number of fused-ring (bicyclic) bond motifs is 1. The molecule has 1 saturated heterocycles. The molecule has 2 atom stereocenters. The van der Waals surface area contributed by atoms with E-state index >= 15 is 0 Å². The molecule has 2 amide bonds. The van der Waals surface area contributed by atoms with E-state index in [1.54, 1.807) is 24.1 Å². The van der Waals surface area contributed by atoms with Crippen LogP contribution < -0.4 is 0 Å². The molecule has 0 radical (unpaired) electrons. The molecular formula is C22H24F3N3O. The number of amides is 2. The molecule has 0 saturated carbocycles. The summed E-state index contributed by atoms with van der Waals surface area (Å²) < 4.78 is 42.4. The van der Waals surface area contributed by atoms with Crippen molar-refractivity contribution < 1.29 is 18.0 Å². The maximum Gasteiger partial charge on any atom is 0.321 e. The smallest absolute Gasteiger partial charge is 0.317 e. The number of hydrogen-bond acceptors (Lipinski definition) is 2. The van der Waals surface area contributed by atoms with Crippen LogP contribution in [0, 0.1) is 5.82 Å². The van der Waals surface area contributed by atoms with Gasteiger partial charge in [0, 0.05) is 20.1 Å². The summed E-state index contributed by atoms with van der Waals surface area (Å²) in [4.78, 5) is 17.7. The third-order valence-corrected chi connectivity index (χ3v) is 5.94. The average molecular weight is 403 g/mol. The highest BCUT2D eigenvalue weighted by Crippen LogP contribution is 2.37. The Morgan fingerprint density at radius 1 is 1.14 bits per heavy atom. The number of carbonyl (C=O) groups is 1. The van der Waals surface area contributed by atoms with Crippen LogP contribution in [0.3, 0.4) is 0 Å². The van der Waals surface area contributed by atoms with Gasteiger partial charge >= 0.3 is 6.03 Å². The summed E-state index contributed by atoms with van der Waals surface area (Å²) in [7, 11) is 3.08. The summed E-state index contributed by atoms with van der Waals surface area (Å²) in [5.41, 5.74) is 2.82. The standard InChI is InChI=1S/C22H24F3N3O/c1-26-13-19(22(24,25)14-26)27(2)21(29)28-12-11-15-5-3-4-6-18(15)20(28)16-7-9-17(23)10-8-16/h3-10,19-20H,11-14H2,1-2H3/t19-,20-/m0/s1. The third-order valence-electron chi connectivity index (χ3n) is 5.94. The van der Waals surface area contributed by atoms with Gasteiger partial charge in [0.25, 0.3) is 5.92 Å². The first-order valence-electron chi connectivity index (χ1n) is 9.71. The second-order valence-electron chi connectivity index (χ2n) is 7.96. The van der Waals surface area contributed by atoms with Crippen LogP contribution in [0.2, 0.25) is 0 Å². The first kappa shape index (κ1) is 19.8. The van der Waals surface area contributed by atoms with Crippen LogP contribution in [-0.2, 0) is 6.42 Å². The van der Waals surface area contributed by atoms with Gasteiger partial charge in [0.05, 0.1) is 12.6 Å². The predicted molar refractivity (Wildman–Crippen MR) is 104 cm³/mol. The average Bonchev–Trinajstić information content (AvgIpc) is 2.98. The Bertz CT molecular complexity index is 902. The van der Waals surface area contributed by atoms with E-state index in [-0.39, 0.29) is 18.9 Å². The van der Waals surface area contributed by atoms with Crippen molar-refractivity contribution >= 4 is 6.03 Å². The summed E-state index contributed by atoms with van der Waals surface area (Å²) in [5.74, 6) is -3.32. The lowest BCUT2D eigenvalue weighted by Gasteiger charge is -2.41. The van der Waals surface area contributed by atoms with Crippen molar-refractivity contribution in [3.8, 4) is 0 Å². The SMILES string of the molecule is CN1C[C@H](N(C)C(=O)N2CCc3ccccc3[C@@H]2c2ccc(F)cc2)C(F)(F)C1. The number of alkyl halides is 2. The minimum absolute atomic E-state index is 0.126. The molecule has 2 aliphatic heterocycles. The van der Waals surface area contributed by atoms with E-state index < -0.39 is 24.0 Å². The Labute approximate surface area is 168 Å². The quantitative estimate of drug-likeness (QED) is 0.763. The maximum atomic E-state index is 14.4. The predicted octanol–water partition coefficient (Wildman–Crippen LogP) is 3.77. The monoisotopic (exact) mass is 403 g/mol. The molecule has 1 fully saturated rings. The van der Waals surface area contributed by atoms with Crippen LogP contribution in [0.5, 0.6) is 0 Å². The molecule has 4 nitrogen and oxygen atoms in total. The van der Waals surface area contributed by atoms with Crippen molar-refractivity contribution in [2.75, 3.05) is 33.7 Å². The molecule has 154 valence electrons. The van der Waals surface area contributed by atoms with Crippen LogP contribution in [0.15, 0.2) is 48.5 Å². The van der Waals surface area contributed by atoms with Gasteiger partial charge in [-0.05, 0) is 42.3 Å². The van der Waals surface area contributed by atoms with Gasteiger partial charge in [-0.2, -0.15) is 0 Å². The molecule has 0 aromatic heterocycles. The van der Waals surface area contributed by atoms with E-state index in [0.717, 1.165) is 16.7 Å². The molecule has 2 aromatic rings. The van der Waals surface area contributed by atoms with Gasteiger partial charge in [0.15, 0.2) is 0 Å². The fourth-order valence-electron chi connectivity index (χ4n) is 4.48. The van der Waals surface area contributed by atoms with Crippen molar-refractivity contribution in [3.63, 3.8) is 0 Å². The van der Waals surface area contributed by atoms with E-state index in [9.17, 15) is 18.0 Å². The molecular weight excluding hydrogens is 379 g/mol. The second-order valence-corrected chi connectivity index (χ2v) is 7.96. The molecule has 7 heteroatoms. The lowest BCUT2D eigenvalue weighted by Crippen LogP contribution is -2.54. The Balaban J connectivity index is 1.69. The van der Waals surface area contributed by atoms with Gasteiger partial charge in [-0.25, -0.2) is 18.0 Å². The van der Waals surface area contributed by atoms with E-state index in [0.29, 0.717) is 13.0 Å². The number of likely N-dealkylation sites (N-methyl/N-ethyl adjacent to an activating group) is 2. The fraction of sp³-hybridized carbons (Fsp3) is 0.409. The summed E-state index contributed by atoms with van der Waals surface area (Å²) >= 11 is 0. The highest BCUT2D eigenvalue weighted by Gasteiger charge is 2.51. The summed E-state index contributed by atoms with van der Waals surface area (Å²) in [6, 6.07) is 11.8. The van der Waals surface area contributed by atoms with E-state index in [2.05, 4.69) is 0 Å². The van der Waals surface area contributed by atoms with Gasteiger partial charge in [0.1, 0.15) is 11.9 Å². The molecule has 2 heterocycles. The van der Waals surface area contributed by atoms with Gasteiger partial charge in [-0.1, -0.05) is 36.4 Å². The molecule has 4 rings (SSSR count). The van der Waals surface area contributed by atoms with Crippen molar-refractivity contribution in [1.82, 2.24) is 14.7 Å². The highest BCUT2D eigenvalue weighted by atomic mass is 19.3. The fourth-order valence-corrected chi connectivity index (χ4v) is 4.48.